The number of hydrogen-bond acceptors (Lipinski definition) is 5. The van der Waals surface area contributed by atoms with Crippen molar-refractivity contribution in [2.24, 2.45) is 0 Å². The van der Waals surface area contributed by atoms with Gasteiger partial charge in [-0.3, -0.25) is 0 Å². The van der Waals surface area contributed by atoms with Crippen LogP contribution in [0.25, 0.3) is 0 Å². The van der Waals surface area contributed by atoms with E-state index in [4.69, 9.17) is 0 Å². The van der Waals surface area contributed by atoms with Crippen LogP contribution >= 0.6 is 23.1 Å². The van der Waals surface area contributed by atoms with Crippen LogP contribution in [0, 0.1) is 13.8 Å². The molecule has 0 amide bonds. The SMILES string of the molecule is CSc1cccc(NC(C)c2sc(C)nc2C)c1C(=O)O. The number of nitrogens with one attached hydrogen (secondary N) is 1. The fourth-order valence-electron chi connectivity index (χ4n) is 2.29. The summed E-state index contributed by atoms with van der Waals surface area (Å²) in [5.41, 5.74) is 1.97. The maximum atomic E-state index is 11.5. The fraction of sp³-hybridized carbons (Fsp3) is 0.333. The van der Waals surface area contributed by atoms with Crippen LogP contribution < -0.4 is 5.32 Å². The molecule has 0 aliphatic carbocycles. The first-order valence-corrected chi connectivity index (χ1v) is 8.59. The molecule has 112 valence electrons. The van der Waals surface area contributed by atoms with Crippen LogP contribution in [-0.2, 0) is 0 Å². The van der Waals surface area contributed by atoms with E-state index < -0.39 is 5.97 Å². The van der Waals surface area contributed by atoms with Crippen molar-refractivity contribution in [1.29, 1.82) is 0 Å². The molecule has 6 heteroatoms. The topological polar surface area (TPSA) is 62.2 Å². The molecule has 4 nitrogen and oxygen atoms in total. The number of carboxylic acid groups (broad SMARTS) is 1. The van der Waals surface area contributed by atoms with E-state index in [-0.39, 0.29) is 6.04 Å². The van der Waals surface area contributed by atoms with Gasteiger partial charge in [-0.15, -0.1) is 23.1 Å². The third-order valence-electron chi connectivity index (χ3n) is 3.16. The van der Waals surface area contributed by atoms with Crippen molar-refractivity contribution < 1.29 is 9.90 Å². The Labute approximate surface area is 132 Å². The molecule has 0 spiro atoms. The lowest BCUT2D eigenvalue weighted by atomic mass is 10.1. The highest BCUT2D eigenvalue weighted by atomic mass is 32.2. The predicted octanol–water partition coefficient (Wildman–Crippen LogP) is 4.35. The summed E-state index contributed by atoms with van der Waals surface area (Å²) in [5.74, 6) is -0.910. The summed E-state index contributed by atoms with van der Waals surface area (Å²) in [6.07, 6.45) is 1.88. The van der Waals surface area contributed by atoms with Crippen molar-refractivity contribution in [2.45, 2.75) is 31.7 Å². The molecule has 0 saturated heterocycles. The summed E-state index contributed by atoms with van der Waals surface area (Å²) in [4.78, 5) is 17.8. The molecular formula is C15H18N2O2S2. The Kier molecular flexibility index (Phi) is 4.90. The van der Waals surface area contributed by atoms with Gasteiger partial charge in [0.2, 0.25) is 0 Å². The Morgan fingerprint density at radius 1 is 1.43 bits per heavy atom. The monoisotopic (exact) mass is 322 g/mol. The molecule has 0 saturated carbocycles. The summed E-state index contributed by atoms with van der Waals surface area (Å²) >= 11 is 3.08. The van der Waals surface area contributed by atoms with Crippen LogP contribution in [0.1, 0.15) is 38.9 Å². The molecule has 2 N–H and O–H groups in total. The normalized spacial score (nSPS) is 12.2. The Morgan fingerprint density at radius 2 is 2.14 bits per heavy atom. The molecule has 0 fully saturated rings. The highest BCUT2D eigenvalue weighted by Crippen LogP contribution is 2.32. The summed E-state index contributed by atoms with van der Waals surface area (Å²) in [5, 5.41) is 13.8. The van der Waals surface area contributed by atoms with Crippen molar-refractivity contribution in [3.63, 3.8) is 0 Å². The Bertz CT molecular complexity index is 668. The number of aromatic carboxylic acids is 1. The van der Waals surface area contributed by atoms with Gasteiger partial charge >= 0.3 is 5.97 Å². The second kappa shape index (κ2) is 6.49. The van der Waals surface area contributed by atoms with E-state index >= 15 is 0 Å². The molecule has 1 unspecified atom stereocenters. The zero-order chi connectivity index (χ0) is 15.6. The molecule has 2 rings (SSSR count). The van der Waals surface area contributed by atoms with Crippen molar-refractivity contribution in [2.75, 3.05) is 11.6 Å². The maximum Gasteiger partial charge on any atom is 0.338 e. The minimum atomic E-state index is -0.910. The number of thiazole rings is 1. The lowest BCUT2D eigenvalue weighted by Crippen LogP contribution is -2.11. The standard InChI is InChI=1S/C15H18N2O2S2/c1-8-14(21-10(3)16-8)9(2)17-11-6-5-7-12(20-4)13(11)15(18)19/h5-7,9,17H,1-4H3,(H,18,19). The molecule has 2 aromatic rings. The zero-order valence-corrected chi connectivity index (χ0v) is 14.1. The van der Waals surface area contributed by atoms with E-state index in [0.29, 0.717) is 11.3 Å². The molecule has 0 radical (unpaired) electrons. The van der Waals surface area contributed by atoms with E-state index in [0.717, 1.165) is 20.5 Å². The van der Waals surface area contributed by atoms with Gasteiger partial charge in [0, 0.05) is 9.77 Å². The van der Waals surface area contributed by atoms with Crippen molar-refractivity contribution in [1.82, 2.24) is 4.98 Å². The van der Waals surface area contributed by atoms with Gasteiger partial charge in [0.1, 0.15) is 0 Å². The summed E-state index contributed by atoms with van der Waals surface area (Å²) in [6.45, 7) is 5.98. The summed E-state index contributed by atoms with van der Waals surface area (Å²) in [7, 11) is 0. The number of hydrogen-bond donors (Lipinski definition) is 2. The third-order valence-corrected chi connectivity index (χ3v) is 5.20. The van der Waals surface area contributed by atoms with Crippen LogP contribution in [0.2, 0.25) is 0 Å². The van der Waals surface area contributed by atoms with E-state index in [9.17, 15) is 9.90 Å². The summed E-state index contributed by atoms with van der Waals surface area (Å²) < 4.78 is 0. The minimum Gasteiger partial charge on any atom is -0.478 e. The van der Waals surface area contributed by atoms with Crippen molar-refractivity contribution >= 4 is 34.8 Å². The van der Waals surface area contributed by atoms with E-state index in [1.165, 1.54) is 11.8 Å². The minimum absolute atomic E-state index is 0.0198. The van der Waals surface area contributed by atoms with E-state index in [1.807, 2.05) is 45.2 Å². The molecule has 1 heterocycles. The summed E-state index contributed by atoms with van der Waals surface area (Å²) in [6, 6.07) is 5.53. The van der Waals surface area contributed by atoms with Gasteiger partial charge in [0.15, 0.2) is 0 Å². The molecule has 1 atom stereocenters. The lowest BCUT2D eigenvalue weighted by Gasteiger charge is -2.17. The van der Waals surface area contributed by atoms with E-state index in [1.54, 1.807) is 11.3 Å². The molecular weight excluding hydrogens is 304 g/mol. The number of benzene rings is 1. The first-order chi connectivity index (χ1) is 9.93. The van der Waals surface area contributed by atoms with Crippen LogP contribution in [0.4, 0.5) is 5.69 Å². The van der Waals surface area contributed by atoms with Gasteiger partial charge in [0.05, 0.1) is 28.0 Å². The van der Waals surface area contributed by atoms with Crippen LogP contribution in [-0.4, -0.2) is 22.3 Å². The van der Waals surface area contributed by atoms with Gasteiger partial charge in [-0.2, -0.15) is 0 Å². The Balaban J connectivity index is 2.35. The van der Waals surface area contributed by atoms with Gasteiger partial charge in [0.25, 0.3) is 0 Å². The number of rotatable bonds is 5. The second-order valence-electron chi connectivity index (χ2n) is 4.74. The van der Waals surface area contributed by atoms with Gasteiger partial charge in [-0.05, 0) is 39.2 Å². The number of aromatic nitrogens is 1. The third kappa shape index (κ3) is 3.39. The first kappa shape index (κ1) is 15.9. The van der Waals surface area contributed by atoms with Crippen molar-refractivity contribution in [3.8, 4) is 0 Å². The molecule has 0 aliphatic heterocycles. The lowest BCUT2D eigenvalue weighted by molar-refractivity contribution is 0.0694. The maximum absolute atomic E-state index is 11.5. The number of carbonyl (C=O) groups is 1. The average molecular weight is 322 g/mol. The van der Waals surface area contributed by atoms with E-state index in [2.05, 4.69) is 10.3 Å². The number of thioether (sulfide) groups is 1. The molecule has 1 aromatic heterocycles. The van der Waals surface area contributed by atoms with Gasteiger partial charge in [-0.1, -0.05) is 6.07 Å². The number of anilines is 1. The van der Waals surface area contributed by atoms with Crippen LogP contribution in [0.3, 0.4) is 0 Å². The number of carboxylic acids is 1. The molecule has 1 aromatic carbocycles. The van der Waals surface area contributed by atoms with Crippen molar-refractivity contribution in [3.05, 3.63) is 39.3 Å². The molecule has 0 aliphatic rings. The van der Waals surface area contributed by atoms with Crippen LogP contribution in [0.15, 0.2) is 23.1 Å². The Morgan fingerprint density at radius 3 is 2.67 bits per heavy atom. The number of nitrogens with zero attached hydrogens (tertiary/aromatic N) is 1. The fourth-order valence-corrected chi connectivity index (χ4v) is 3.84. The zero-order valence-electron chi connectivity index (χ0n) is 12.4. The smallest absolute Gasteiger partial charge is 0.338 e. The highest BCUT2D eigenvalue weighted by Gasteiger charge is 2.19. The number of aryl methyl sites for hydroxylation is 2. The second-order valence-corrected chi connectivity index (χ2v) is 6.82. The first-order valence-electron chi connectivity index (χ1n) is 6.54. The quantitative estimate of drug-likeness (QED) is 0.801. The van der Waals surface area contributed by atoms with Crippen LogP contribution in [0.5, 0.6) is 0 Å². The molecule has 0 bridgehead atoms. The average Bonchev–Trinajstić information content (AvgIpc) is 2.77. The van der Waals surface area contributed by atoms with Gasteiger partial charge in [-0.25, -0.2) is 9.78 Å². The Hall–Kier alpha value is -1.53. The highest BCUT2D eigenvalue weighted by molar-refractivity contribution is 7.98. The predicted molar refractivity (Wildman–Crippen MR) is 88.8 cm³/mol. The van der Waals surface area contributed by atoms with Gasteiger partial charge < -0.3 is 10.4 Å². The molecule has 21 heavy (non-hydrogen) atoms. The largest absolute Gasteiger partial charge is 0.478 e.